The second kappa shape index (κ2) is 14.2. The van der Waals surface area contributed by atoms with Gasteiger partial charge in [-0.3, -0.25) is 24.0 Å². The topological polar surface area (TPSA) is 266 Å². The standard InChI is InChI=1S/C21H28N4O11/c22-12(8-17(30)31)18(32)24-14(7-10-1-3-11(27)4-2-10)19(33)25-15(9-26)20(34)23-13(21(35)36)5-6-16(28)29/h1-4,12-15,26-27H,5-9,22H2,(H,23,34)(H,24,32)(H,25,33)(H,28,29)(H,30,31)(H,35,36). The molecule has 0 aliphatic carbocycles. The van der Waals surface area contributed by atoms with E-state index in [2.05, 4.69) is 10.6 Å². The molecule has 10 N–H and O–H groups in total. The maximum Gasteiger partial charge on any atom is 0.326 e. The van der Waals surface area contributed by atoms with Crippen LogP contribution in [0.1, 0.15) is 24.8 Å². The fraction of sp³-hybridized carbons (Fsp3) is 0.429. The highest BCUT2D eigenvalue weighted by Crippen LogP contribution is 2.12. The molecule has 4 unspecified atom stereocenters. The number of carboxylic acid groups (broad SMARTS) is 3. The normalized spacial score (nSPS) is 13.9. The highest BCUT2D eigenvalue weighted by Gasteiger charge is 2.30. The largest absolute Gasteiger partial charge is 0.508 e. The lowest BCUT2D eigenvalue weighted by atomic mass is 10.0. The number of rotatable bonds is 15. The molecule has 15 nitrogen and oxygen atoms in total. The van der Waals surface area contributed by atoms with E-state index in [0.717, 1.165) is 0 Å². The Hall–Kier alpha value is -4.24. The average molecular weight is 512 g/mol. The number of nitrogens with one attached hydrogen (secondary N) is 3. The van der Waals surface area contributed by atoms with E-state index in [1.165, 1.54) is 24.3 Å². The number of hydrogen-bond acceptors (Lipinski definition) is 9. The molecule has 36 heavy (non-hydrogen) atoms. The Labute approximate surface area is 204 Å². The molecule has 0 saturated carbocycles. The molecule has 0 bridgehead atoms. The summed E-state index contributed by atoms with van der Waals surface area (Å²) in [4.78, 5) is 70.5. The first kappa shape index (κ1) is 29.8. The SMILES string of the molecule is NC(CC(=O)O)C(=O)NC(Cc1ccc(O)cc1)C(=O)NC(CO)C(=O)NC(CCC(=O)O)C(=O)O. The van der Waals surface area contributed by atoms with Crippen LogP contribution in [-0.2, 0) is 35.2 Å². The summed E-state index contributed by atoms with van der Waals surface area (Å²) in [7, 11) is 0. The van der Waals surface area contributed by atoms with Crippen LogP contribution in [0, 0.1) is 0 Å². The number of amides is 3. The summed E-state index contributed by atoms with van der Waals surface area (Å²) in [6.45, 7) is -0.971. The van der Waals surface area contributed by atoms with Gasteiger partial charge in [-0.2, -0.15) is 0 Å². The highest BCUT2D eigenvalue weighted by atomic mass is 16.4. The van der Waals surface area contributed by atoms with Crippen LogP contribution in [-0.4, -0.2) is 91.9 Å². The molecule has 3 amide bonds. The maximum atomic E-state index is 12.9. The van der Waals surface area contributed by atoms with E-state index in [-0.39, 0.29) is 12.2 Å². The maximum absolute atomic E-state index is 12.9. The van der Waals surface area contributed by atoms with Crippen molar-refractivity contribution in [3.05, 3.63) is 29.8 Å². The lowest BCUT2D eigenvalue weighted by Gasteiger charge is -2.24. The van der Waals surface area contributed by atoms with E-state index in [0.29, 0.717) is 5.56 Å². The van der Waals surface area contributed by atoms with Gasteiger partial charge in [0, 0.05) is 12.8 Å². The monoisotopic (exact) mass is 512 g/mol. The number of carboxylic acids is 3. The van der Waals surface area contributed by atoms with Crippen LogP contribution >= 0.6 is 0 Å². The van der Waals surface area contributed by atoms with E-state index in [1.54, 1.807) is 0 Å². The van der Waals surface area contributed by atoms with Gasteiger partial charge >= 0.3 is 17.9 Å². The molecule has 15 heteroatoms. The molecule has 0 aliphatic rings. The fourth-order valence-electron chi connectivity index (χ4n) is 2.90. The second-order valence-corrected chi connectivity index (χ2v) is 7.71. The summed E-state index contributed by atoms with van der Waals surface area (Å²) in [5, 5.41) is 52.2. The van der Waals surface area contributed by atoms with Gasteiger partial charge in [0.05, 0.1) is 19.1 Å². The van der Waals surface area contributed by atoms with Crippen molar-refractivity contribution in [2.24, 2.45) is 5.73 Å². The van der Waals surface area contributed by atoms with Crippen molar-refractivity contribution in [1.29, 1.82) is 0 Å². The molecule has 4 atom stereocenters. The van der Waals surface area contributed by atoms with Crippen molar-refractivity contribution in [2.45, 2.75) is 49.9 Å². The molecule has 198 valence electrons. The summed E-state index contributed by atoms with van der Waals surface area (Å²) >= 11 is 0. The number of phenols is 1. The van der Waals surface area contributed by atoms with Gasteiger partial charge in [0.25, 0.3) is 0 Å². The summed E-state index contributed by atoms with van der Waals surface area (Å²) in [5.41, 5.74) is 5.98. The van der Waals surface area contributed by atoms with Gasteiger partial charge in [-0.05, 0) is 24.1 Å². The third kappa shape index (κ3) is 10.4. The van der Waals surface area contributed by atoms with Crippen molar-refractivity contribution in [3.63, 3.8) is 0 Å². The second-order valence-electron chi connectivity index (χ2n) is 7.71. The number of aromatic hydroxyl groups is 1. The zero-order chi connectivity index (χ0) is 27.4. The molecule has 0 spiro atoms. The number of carbonyl (C=O) groups is 6. The predicted molar refractivity (Wildman–Crippen MR) is 119 cm³/mol. The number of aliphatic carboxylic acids is 3. The number of benzene rings is 1. The van der Waals surface area contributed by atoms with Crippen LogP contribution < -0.4 is 21.7 Å². The van der Waals surface area contributed by atoms with Crippen LogP contribution in [0.15, 0.2) is 24.3 Å². The van der Waals surface area contributed by atoms with E-state index in [4.69, 9.17) is 15.9 Å². The van der Waals surface area contributed by atoms with Crippen molar-refractivity contribution >= 4 is 35.6 Å². The minimum absolute atomic E-state index is 0.0693. The van der Waals surface area contributed by atoms with Crippen molar-refractivity contribution in [1.82, 2.24) is 16.0 Å². The van der Waals surface area contributed by atoms with E-state index in [1.807, 2.05) is 5.32 Å². The zero-order valence-corrected chi connectivity index (χ0v) is 18.9. The molecule has 0 heterocycles. The molecule has 0 radical (unpaired) electrons. The third-order valence-electron chi connectivity index (χ3n) is 4.82. The molecule has 1 rings (SSSR count). The first-order valence-corrected chi connectivity index (χ1v) is 10.6. The minimum Gasteiger partial charge on any atom is -0.508 e. The number of phenolic OH excluding ortho intramolecular Hbond substituents is 1. The van der Waals surface area contributed by atoms with E-state index < -0.39 is 85.7 Å². The lowest BCUT2D eigenvalue weighted by molar-refractivity contribution is -0.143. The molecule has 0 saturated heterocycles. The number of aliphatic hydroxyl groups excluding tert-OH is 1. The van der Waals surface area contributed by atoms with Crippen LogP contribution in [0.3, 0.4) is 0 Å². The first-order chi connectivity index (χ1) is 16.8. The van der Waals surface area contributed by atoms with E-state index >= 15 is 0 Å². The summed E-state index contributed by atoms with van der Waals surface area (Å²) in [6, 6.07) is -0.682. The van der Waals surface area contributed by atoms with Gasteiger partial charge in [-0.15, -0.1) is 0 Å². The highest BCUT2D eigenvalue weighted by molar-refractivity contribution is 5.95. The van der Waals surface area contributed by atoms with Gasteiger partial charge in [-0.25, -0.2) is 4.79 Å². The average Bonchev–Trinajstić information content (AvgIpc) is 2.79. The smallest absolute Gasteiger partial charge is 0.326 e. The Morgan fingerprint density at radius 2 is 1.31 bits per heavy atom. The Morgan fingerprint density at radius 1 is 0.778 bits per heavy atom. The van der Waals surface area contributed by atoms with Gasteiger partial charge in [0.2, 0.25) is 17.7 Å². The Kier molecular flexibility index (Phi) is 11.8. The van der Waals surface area contributed by atoms with Gasteiger partial charge in [-0.1, -0.05) is 12.1 Å². The molecule has 0 fully saturated rings. The van der Waals surface area contributed by atoms with Crippen LogP contribution in [0.5, 0.6) is 5.75 Å². The fourth-order valence-corrected chi connectivity index (χ4v) is 2.90. The van der Waals surface area contributed by atoms with Crippen LogP contribution in [0.25, 0.3) is 0 Å². The predicted octanol–water partition coefficient (Wildman–Crippen LogP) is -2.87. The summed E-state index contributed by atoms with van der Waals surface area (Å²) in [5.74, 6) is -7.35. The van der Waals surface area contributed by atoms with Gasteiger partial charge in [0.15, 0.2) is 0 Å². The third-order valence-corrected chi connectivity index (χ3v) is 4.82. The van der Waals surface area contributed by atoms with Crippen LogP contribution in [0.4, 0.5) is 0 Å². The molecular weight excluding hydrogens is 484 g/mol. The van der Waals surface area contributed by atoms with Gasteiger partial charge < -0.3 is 47.2 Å². The summed E-state index contributed by atoms with van der Waals surface area (Å²) in [6.07, 6.45) is -1.93. The quantitative estimate of drug-likeness (QED) is 0.115. The number of nitrogens with two attached hydrogens (primary N) is 1. The molecular formula is C21H28N4O11. The number of carbonyl (C=O) groups excluding carboxylic acids is 3. The Morgan fingerprint density at radius 3 is 1.81 bits per heavy atom. The van der Waals surface area contributed by atoms with Crippen LogP contribution in [0.2, 0.25) is 0 Å². The molecule has 1 aromatic rings. The zero-order valence-electron chi connectivity index (χ0n) is 18.9. The first-order valence-electron chi connectivity index (χ1n) is 10.6. The van der Waals surface area contributed by atoms with Crippen molar-refractivity contribution in [3.8, 4) is 5.75 Å². The Bertz CT molecular complexity index is 967. The Balaban J connectivity index is 3.01. The molecule has 0 aromatic heterocycles. The number of hydrogen-bond donors (Lipinski definition) is 9. The van der Waals surface area contributed by atoms with E-state index in [9.17, 15) is 44.1 Å². The molecule has 1 aromatic carbocycles. The minimum atomic E-state index is -1.67. The molecule has 0 aliphatic heterocycles. The lowest BCUT2D eigenvalue weighted by Crippen LogP contribution is -2.58. The number of aliphatic hydroxyl groups is 1. The van der Waals surface area contributed by atoms with Crippen molar-refractivity contribution in [2.75, 3.05) is 6.61 Å². The summed E-state index contributed by atoms with van der Waals surface area (Å²) < 4.78 is 0. The van der Waals surface area contributed by atoms with Crippen molar-refractivity contribution < 1.29 is 54.3 Å². The van der Waals surface area contributed by atoms with Gasteiger partial charge in [0.1, 0.15) is 23.9 Å².